The molecule has 6 heteroatoms. The van der Waals surface area contributed by atoms with Gasteiger partial charge in [-0.15, -0.1) is 0 Å². The van der Waals surface area contributed by atoms with E-state index < -0.39 is 18.5 Å². The third-order valence-corrected chi connectivity index (χ3v) is 4.83. The second kappa shape index (κ2) is 10.9. The van der Waals surface area contributed by atoms with E-state index in [0.29, 0.717) is 11.5 Å². The molecule has 3 aromatic rings. The number of aryl methyl sites for hydroxylation is 1. The maximum atomic E-state index is 11.8. The maximum absolute atomic E-state index is 11.8. The van der Waals surface area contributed by atoms with E-state index in [9.17, 15) is 14.4 Å². The zero-order valence-corrected chi connectivity index (χ0v) is 18.5. The molecule has 0 aliphatic rings. The first-order valence-electron chi connectivity index (χ1n) is 10.4. The summed E-state index contributed by atoms with van der Waals surface area (Å²) in [4.78, 5) is 33.9. The SMILES string of the molecule is C=CC(=O)OCC(=O)Oc1ccc(-c2ccc(-c3ccc(OC(C)=O)cc3)c(CC)c2)cc1. The number of benzene rings is 3. The second-order valence-corrected chi connectivity index (χ2v) is 7.15. The predicted molar refractivity (Wildman–Crippen MR) is 125 cm³/mol. The van der Waals surface area contributed by atoms with E-state index in [0.717, 1.165) is 34.8 Å². The number of ether oxygens (including phenoxy) is 3. The molecule has 3 rings (SSSR count). The van der Waals surface area contributed by atoms with Gasteiger partial charge in [0.05, 0.1) is 0 Å². The monoisotopic (exact) mass is 444 g/mol. The fourth-order valence-electron chi connectivity index (χ4n) is 3.28. The van der Waals surface area contributed by atoms with Gasteiger partial charge in [-0.25, -0.2) is 9.59 Å². The molecule has 0 aliphatic heterocycles. The highest BCUT2D eigenvalue weighted by atomic mass is 16.6. The molecule has 0 N–H and O–H groups in total. The quantitative estimate of drug-likeness (QED) is 0.272. The van der Waals surface area contributed by atoms with Crippen molar-refractivity contribution in [2.75, 3.05) is 6.61 Å². The highest BCUT2D eigenvalue weighted by molar-refractivity contribution is 5.84. The van der Waals surface area contributed by atoms with Crippen LogP contribution in [-0.2, 0) is 25.5 Å². The van der Waals surface area contributed by atoms with Crippen molar-refractivity contribution >= 4 is 17.9 Å². The summed E-state index contributed by atoms with van der Waals surface area (Å²) in [7, 11) is 0. The summed E-state index contributed by atoms with van der Waals surface area (Å²) in [5, 5.41) is 0. The smallest absolute Gasteiger partial charge is 0.349 e. The molecule has 0 radical (unpaired) electrons. The molecule has 0 spiro atoms. The topological polar surface area (TPSA) is 78.9 Å². The van der Waals surface area contributed by atoms with Crippen LogP contribution in [0.4, 0.5) is 0 Å². The van der Waals surface area contributed by atoms with Crippen LogP contribution in [0.2, 0.25) is 0 Å². The lowest BCUT2D eigenvalue weighted by Crippen LogP contribution is -2.17. The first kappa shape index (κ1) is 23.5. The molecular formula is C27H24O6. The molecule has 0 saturated carbocycles. The summed E-state index contributed by atoms with van der Waals surface area (Å²) in [6, 6.07) is 20.8. The number of hydrogen-bond acceptors (Lipinski definition) is 6. The Morgan fingerprint density at radius 2 is 1.39 bits per heavy atom. The molecule has 0 bridgehead atoms. The van der Waals surface area contributed by atoms with Gasteiger partial charge in [0.2, 0.25) is 0 Å². The van der Waals surface area contributed by atoms with Crippen LogP contribution in [0.25, 0.3) is 22.3 Å². The van der Waals surface area contributed by atoms with Crippen molar-refractivity contribution in [2.45, 2.75) is 20.3 Å². The van der Waals surface area contributed by atoms with E-state index in [1.807, 2.05) is 30.3 Å². The highest BCUT2D eigenvalue weighted by Gasteiger charge is 2.10. The number of carbonyl (C=O) groups excluding carboxylic acids is 3. The Bertz CT molecular complexity index is 1160. The van der Waals surface area contributed by atoms with E-state index >= 15 is 0 Å². The van der Waals surface area contributed by atoms with Crippen molar-refractivity contribution in [3.63, 3.8) is 0 Å². The summed E-state index contributed by atoms with van der Waals surface area (Å²) in [6.45, 7) is 6.26. The Morgan fingerprint density at radius 1 is 0.818 bits per heavy atom. The average Bonchev–Trinajstić information content (AvgIpc) is 2.82. The van der Waals surface area contributed by atoms with Gasteiger partial charge in [0.15, 0.2) is 6.61 Å². The minimum Gasteiger partial charge on any atom is -0.451 e. The third-order valence-electron chi connectivity index (χ3n) is 4.83. The lowest BCUT2D eigenvalue weighted by atomic mass is 9.93. The van der Waals surface area contributed by atoms with Crippen molar-refractivity contribution in [1.82, 2.24) is 0 Å². The molecule has 0 atom stereocenters. The Labute approximate surface area is 192 Å². The van der Waals surface area contributed by atoms with Crippen LogP contribution < -0.4 is 9.47 Å². The van der Waals surface area contributed by atoms with Crippen molar-refractivity contribution in [3.8, 4) is 33.8 Å². The summed E-state index contributed by atoms with van der Waals surface area (Å²) in [6.07, 6.45) is 1.82. The van der Waals surface area contributed by atoms with E-state index in [2.05, 4.69) is 30.4 Å². The minimum absolute atomic E-state index is 0.349. The fraction of sp³-hybridized carbons (Fsp3) is 0.148. The number of esters is 3. The number of hydrogen-bond donors (Lipinski definition) is 0. The molecule has 0 heterocycles. The van der Waals surface area contributed by atoms with E-state index in [-0.39, 0.29) is 5.97 Å². The summed E-state index contributed by atoms with van der Waals surface area (Å²) in [5.74, 6) is -0.828. The van der Waals surface area contributed by atoms with Gasteiger partial charge in [-0.2, -0.15) is 0 Å². The first-order valence-corrected chi connectivity index (χ1v) is 10.4. The van der Waals surface area contributed by atoms with Crippen molar-refractivity contribution in [1.29, 1.82) is 0 Å². The molecule has 0 saturated heterocycles. The molecule has 3 aromatic carbocycles. The summed E-state index contributed by atoms with van der Waals surface area (Å²) >= 11 is 0. The van der Waals surface area contributed by atoms with Gasteiger partial charge in [0, 0.05) is 13.0 Å². The van der Waals surface area contributed by atoms with Crippen molar-refractivity contribution < 1.29 is 28.6 Å². The van der Waals surface area contributed by atoms with Gasteiger partial charge in [-0.05, 0) is 58.5 Å². The minimum atomic E-state index is -0.683. The largest absolute Gasteiger partial charge is 0.451 e. The molecule has 0 aromatic heterocycles. The maximum Gasteiger partial charge on any atom is 0.349 e. The van der Waals surface area contributed by atoms with Gasteiger partial charge >= 0.3 is 17.9 Å². The Kier molecular flexibility index (Phi) is 7.76. The predicted octanol–water partition coefficient (Wildman–Crippen LogP) is 5.14. The normalized spacial score (nSPS) is 10.2. The van der Waals surface area contributed by atoms with Crippen molar-refractivity contribution in [3.05, 3.63) is 84.9 Å². The van der Waals surface area contributed by atoms with Crippen LogP contribution in [0.3, 0.4) is 0 Å². The lowest BCUT2D eigenvalue weighted by Gasteiger charge is -2.12. The van der Waals surface area contributed by atoms with Crippen LogP contribution >= 0.6 is 0 Å². The summed E-state index contributed by atoms with van der Waals surface area (Å²) in [5.41, 5.74) is 5.32. The summed E-state index contributed by atoms with van der Waals surface area (Å²) < 4.78 is 14.9. The first-order chi connectivity index (χ1) is 15.9. The van der Waals surface area contributed by atoms with Crippen molar-refractivity contribution in [2.24, 2.45) is 0 Å². The molecule has 0 unspecified atom stereocenters. The zero-order chi connectivity index (χ0) is 23.8. The van der Waals surface area contributed by atoms with Crippen LogP contribution in [0.15, 0.2) is 79.4 Å². The molecule has 168 valence electrons. The van der Waals surface area contributed by atoms with E-state index in [1.165, 1.54) is 12.5 Å². The van der Waals surface area contributed by atoms with Gasteiger partial charge in [-0.1, -0.05) is 56.0 Å². The third kappa shape index (κ3) is 6.40. The Hall–Kier alpha value is -4.19. The van der Waals surface area contributed by atoms with Gasteiger partial charge in [-0.3, -0.25) is 4.79 Å². The second-order valence-electron chi connectivity index (χ2n) is 7.15. The van der Waals surface area contributed by atoms with Crippen LogP contribution in [0.5, 0.6) is 11.5 Å². The van der Waals surface area contributed by atoms with Gasteiger partial charge in [0.25, 0.3) is 0 Å². The average molecular weight is 444 g/mol. The molecule has 0 amide bonds. The van der Waals surface area contributed by atoms with Gasteiger partial charge in [0.1, 0.15) is 11.5 Å². The van der Waals surface area contributed by atoms with Gasteiger partial charge < -0.3 is 14.2 Å². The van der Waals surface area contributed by atoms with E-state index in [1.54, 1.807) is 24.3 Å². The highest BCUT2D eigenvalue weighted by Crippen LogP contribution is 2.31. The van der Waals surface area contributed by atoms with E-state index in [4.69, 9.17) is 9.47 Å². The Balaban J connectivity index is 1.73. The number of carbonyl (C=O) groups is 3. The van der Waals surface area contributed by atoms with Crippen LogP contribution in [0, 0.1) is 0 Å². The molecular weight excluding hydrogens is 420 g/mol. The number of rotatable bonds is 8. The fourth-order valence-corrected chi connectivity index (χ4v) is 3.28. The Morgan fingerprint density at radius 3 is 1.97 bits per heavy atom. The standard InChI is InChI=1S/C27H24O6/c1-4-19-16-22(10-15-25(19)21-8-13-23(14-9-21)32-18(3)28)20-6-11-24(12-7-20)33-27(30)17-31-26(29)5-2/h5-16H,2,4,17H2,1,3H3. The zero-order valence-electron chi connectivity index (χ0n) is 18.5. The molecule has 6 nitrogen and oxygen atoms in total. The molecule has 33 heavy (non-hydrogen) atoms. The van der Waals surface area contributed by atoms with Crippen LogP contribution in [-0.4, -0.2) is 24.5 Å². The molecule has 0 aliphatic carbocycles. The lowest BCUT2D eigenvalue weighted by molar-refractivity contribution is -0.150. The molecule has 0 fully saturated rings. The van der Waals surface area contributed by atoms with Crippen LogP contribution in [0.1, 0.15) is 19.4 Å².